The van der Waals surface area contributed by atoms with Crippen molar-refractivity contribution in [2.24, 2.45) is 0 Å². The van der Waals surface area contributed by atoms with E-state index < -0.39 is 10.0 Å². The normalized spacial score (nSPS) is 12.2. The van der Waals surface area contributed by atoms with E-state index in [4.69, 9.17) is 0 Å². The van der Waals surface area contributed by atoms with E-state index in [1.54, 1.807) is 18.5 Å². The number of rotatable bonds is 2. The van der Waals surface area contributed by atoms with Crippen molar-refractivity contribution in [2.45, 2.75) is 13.3 Å². The van der Waals surface area contributed by atoms with Crippen LogP contribution in [0, 0.1) is 0 Å². The van der Waals surface area contributed by atoms with Crippen LogP contribution in [0.1, 0.15) is 12.6 Å². The lowest BCUT2D eigenvalue weighted by atomic mass is 10.2. The van der Waals surface area contributed by atoms with Gasteiger partial charge in [0.2, 0.25) is 10.0 Å². The van der Waals surface area contributed by atoms with Crippen LogP contribution >= 0.6 is 15.9 Å². The molecule has 2 heterocycles. The van der Waals surface area contributed by atoms with Gasteiger partial charge in [-0.05, 0) is 28.4 Å². The van der Waals surface area contributed by atoms with Gasteiger partial charge in [-0.25, -0.2) is 12.4 Å². The van der Waals surface area contributed by atoms with Crippen LogP contribution < -0.4 is 0 Å². The smallest absolute Gasteiger partial charge is 0.236 e. The third-order valence-electron chi connectivity index (χ3n) is 2.41. The molecule has 6 heteroatoms. The van der Waals surface area contributed by atoms with Crippen molar-refractivity contribution >= 4 is 36.9 Å². The van der Waals surface area contributed by atoms with E-state index in [0.29, 0.717) is 11.9 Å². The quantitative estimate of drug-likeness (QED) is 0.854. The summed E-state index contributed by atoms with van der Waals surface area (Å²) in [4.78, 5) is 4.24. The molecule has 0 atom stereocenters. The predicted molar refractivity (Wildman–Crippen MR) is 67.1 cm³/mol. The molecular formula is C10H11BrN2O2S. The van der Waals surface area contributed by atoms with Crippen LogP contribution in [-0.4, -0.2) is 23.6 Å². The molecule has 0 spiro atoms. The first-order chi connectivity index (χ1) is 7.45. The van der Waals surface area contributed by atoms with Crippen LogP contribution in [0.25, 0.3) is 10.9 Å². The van der Waals surface area contributed by atoms with E-state index in [1.165, 1.54) is 10.2 Å². The number of halogens is 1. The number of fused-ring (bicyclic) bond motifs is 1. The molecule has 0 aliphatic heterocycles. The molecule has 0 aliphatic rings. The second-order valence-electron chi connectivity index (χ2n) is 3.54. The number of aromatic nitrogens is 2. The standard InChI is InChI=1S/C10H11BrN2O2S/c1-3-9-10-7(8(11)6-12-9)4-5-13(10)16(2,14)15/h4-6H,3H2,1-2H3. The molecule has 0 saturated heterocycles. The average Bonchev–Trinajstić information content (AvgIpc) is 2.63. The van der Waals surface area contributed by atoms with Gasteiger partial charge in [-0.1, -0.05) is 6.92 Å². The van der Waals surface area contributed by atoms with Gasteiger partial charge in [0.25, 0.3) is 0 Å². The Morgan fingerprint density at radius 2 is 2.19 bits per heavy atom. The highest BCUT2D eigenvalue weighted by molar-refractivity contribution is 9.10. The number of hydrogen-bond donors (Lipinski definition) is 0. The molecule has 0 aliphatic carbocycles. The van der Waals surface area contributed by atoms with Crippen LogP contribution in [0.2, 0.25) is 0 Å². The Labute approximate surface area is 102 Å². The topological polar surface area (TPSA) is 52.0 Å². The molecule has 0 aromatic carbocycles. The first-order valence-electron chi connectivity index (χ1n) is 4.80. The Hall–Kier alpha value is -0.880. The fraction of sp³-hybridized carbons (Fsp3) is 0.300. The van der Waals surface area contributed by atoms with Crippen molar-refractivity contribution in [1.29, 1.82) is 0 Å². The Balaban J connectivity index is 2.94. The van der Waals surface area contributed by atoms with Crippen molar-refractivity contribution < 1.29 is 8.42 Å². The van der Waals surface area contributed by atoms with Crippen LogP contribution in [0.3, 0.4) is 0 Å². The highest BCUT2D eigenvalue weighted by Crippen LogP contribution is 2.27. The third-order valence-corrected chi connectivity index (χ3v) is 4.06. The highest BCUT2D eigenvalue weighted by atomic mass is 79.9. The molecule has 0 amide bonds. The van der Waals surface area contributed by atoms with Crippen LogP contribution in [-0.2, 0) is 16.4 Å². The van der Waals surface area contributed by atoms with Gasteiger partial charge in [0, 0.05) is 22.3 Å². The van der Waals surface area contributed by atoms with E-state index in [9.17, 15) is 8.42 Å². The van der Waals surface area contributed by atoms with Gasteiger partial charge in [0.1, 0.15) is 0 Å². The van der Waals surface area contributed by atoms with Crippen molar-refractivity contribution in [3.05, 3.63) is 28.6 Å². The molecule has 0 fully saturated rings. The number of nitrogens with zero attached hydrogens (tertiary/aromatic N) is 2. The van der Waals surface area contributed by atoms with Crippen LogP contribution in [0.4, 0.5) is 0 Å². The van der Waals surface area contributed by atoms with E-state index in [-0.39, 0.29) is 0 Å². The van der Waals surface area contributed by atoms with Gasteiger partial charge in [0.05, 0.1) is 17.5 Å². The van der Waals surface area contributed by atoms with E-state index >= 15 is 0 Å². The summed E-state index contributed by atoms with van der Waals surface area (Å²) in [5.74, 6) is 0. The molecule has 0 N–H and O–H groups in total. The molecule has 2 aromatic rings. The van der Waals surface area contributed by atoms with Gasteiger partial charge in [-0.2, -0.15) is 0 Å². The summed E-state index contributed by atoms with van der Waals surface area (Å²) in [6.45, 7) is 1.95. The largest absolute Gasteiger partial charge is 0.258 e. The summed E-state index contributed by atoms with van der Waals surface area (Å²) >= 11 is 3.37. The maximum atomic E-state index is 11.6. The van der Waals surface area contributed by atoms with Crippen molar-refractivity contribution in [1.82, 2.24) is 8.96 Å². The second-order valence-corrected chi connectivity index (χ2v) is 6.26. The number of aryl methyl sites for hydroxylation is 1. The fourth-order valence-corrected chi connectivity index (χ4v) is 2.93. The lowest BCUT2D eigenvalue weighted by molar-refractivity contribution is 0.595. The molecule has 2 rings (SSSR count). The molecule has 2 aromatic heterocycles. The average molecular weight is 303 g/mol. The fourth-order valence-electron chi connectivity index (χ4n) is 1.69. The molecule has 0 radical (unpaired) electrons. The van der Waals surface area contributed by atoms with E-state index in [2.05, 4.69) is 20.9 Å². The first kappa shape index (κ1) is 11.6. The Kier molecular flexibility index (Phi) is 2.79. The summed E-state index contributed by atoms with van der Waals surface area (Å²) in [5.41, 5.74) is 1.45. The van der Waals surface area contributed by atoms with Gasteiger partial charge >= 0.3 is 0 Å². The van der Waals surface area contributed by atoms with E-state index in [0.717, 1.165) is 15.6 Å². The van der Waals surface area contributed by atoms with Gasteiger partial charge in [-0.15, -0.1) is 0 Å². The maximum absolute atomic E-state index is 11.6. The molecule has 0 unspecified atom stereocenters. The lowest BCUT2D eigenvalue weighted by Crippen LogP contribution is -2.10. The van der Waals surface area contributed by atoms with E-state index in [1.807, 2.05) is 6.92 Å². The van der Waals surface area contributed by atoms with Crippen LogP contribution in [0.5, 0.6) is 0 Å². The summed E-state index contributed by atoms with van der Waals surface area (Å²) in [5, 5.41) is 0.872. The van der Waals surface area contributed by atoms with Crippen molar-refractivity contribution in [3.8, 4) is 0 Å². The van der Waals surface area contributed by atoms with Crippen molar-refractivity contribution in [2.75, 3.05) is 6.26 Å². The summed E-state index contributed by atoms with van der Waals surface area (Å²) in [6, 6.07) is 1.78. The molecule has 16 heavy (non-hydrogen) atoms. The maximum Gasteiger partial charge on any atom is 0.236 e. The Morgan fingerprint density at radius 1 is 1.50 bits per heavy atom. The first-order valence-corrected chi connectivity index (χ1v) is 7.44. The van der Waals surface area contributed by atoms with Crippen LogP contribution in [0.15, 0.2) is 22.9 Å². The molecule has 86 valence electrons. The molecular weight excluding hydrogens is 292 g/mol. The minimum Gasteiger partial charge on any atom is -0.258 e. The Morgan fingerprint density at radius 3 is 2.75 bits per heavy atom. The lowest BCUT2D eigenvalue weighted by Gasteiger charge is -2.06. The van der Waals surface area contributed by atoms with Gasteiger partial charge < -0.3 is 0 Å². The summed E-state index contributed by atoms with van der Waals surface area (Å²) in [7, 11) is -3.28. The van der Waals surface area contributed by atoms with Gasteiger partial charge in [0.15, 0.2) is 0 Å². The zero-order valence-corrected chi connectivity index (χ0v) is 11.3. The molecule has 0 bridgehead atoms. The monoisotopic (exact) mass is 302 g/mol. The minimum atomic E-state index is -3.28. The number of hydrogen-bond acceptors (Lipinski definition) is 3. The summed E-state index contributed by atoms with van der Waals surface area (Å²) < 4.78 is 25.3. The van der Waals surface area contributed by atoms with Gasteiger partial charge in [-0.3, -0.25) is 4.98 Å². The molecule has 4 nitrogen and oxygen atoms in total. The predicted octanol–water partition coefficient (Wildman–Crippen LogP) is 2.17. The highest BCUT2D eigenvalue weighted by Gasteiger charge is 2.15. The molecule has 0 saturated carbocycles. The third kappa shape index (κ3) is 1.76. The number of pyridine rings is 1. The summed E-state index contributed by atoms with van der Waals surface area (Å²) in [6.07, 6.45) is 5.15. The Bertz CT molecular complexity index is 646. The zero-order chi connectivity index (χ0) is 11.9. The zero-order valence-electron chi connectivity index (χ0n) is 8.94. The van der Waals surface area contributed by atoms with Crippen molar-refractivity contribution in [3.63, 3.8) is 0 Å². The second kappa shape index (κ2) is 3.85. The minimum absolute atomic E-state index is 0.666. The SMILES string of the molecule is CCc1ncc(Br)c2ccn(S(C)(=O)=O)c12.